The van der Waals surface area contributed by atoms with Gasteiger partial charge in [-0.3, -0.25) is 4.79 Å². The molecule has 53 heavy (non-hydrogen) atoms. The van der Waals surface area contributed by atoms with E-state index in [0.717, 1.165) is 51.4 Å². The zero-order valence-corrected chi connectivity index (χ0v) is 34.0. The molecule has 1 aliphatic heterocycles. The molecule has 0 aromatic heterocycles. The minimum atomic E-state index is -1.53. The largest absolute Gasteiger partial charge is 0.457 e. The molecule has 1 fully saturated rings. The van der Waals surface area contributed by atoms with Gasteiger partial charge in [-0.1, -0.05) is 167 Å². The van der Waals surface area contributed by atoms with E-state index in [9.17, 15) is 25.2 Å². The lowest BCUT2D eigenvalue weighted by molar-refractivity contribution is -0.305. The molecule has 1 heterocycles. The molecule has 0 spiro atoms. The van der Waals surface area contributed by atoms with Gasteiger partial charge >= 0.3 is 5.97 Å². The Morgan fingerprint density at radius 3 is 1.68 bits per heavy atom. The molecule has 6 atom stereocenters. The summed E-state index contributed by atoms with van der Waals surface area (Å²) in [4.78, 5) is 12.8. The Morgan fingerprint density at radius 2 is 1.11 bits per heavy atom. The fourth-order valence-corrected chi connectivity index (χ4v) is 6.63. The number of unbranched alkanes of at least 4 members (excludes halogenated alkanes) is 22. The van der Waals surface area contributed by atoms with Gasteiger partial charge < -0.3 is 39.4 Å². The first kappa shape index (κ1) is 49.7. The van der Waals surface area contributed by atoms with Crippen molar-refractivity contribution in [2.45, 2.75) is 224 Å². The molecule has 0 aromatic carbocycles. The Morgan fingerprint density at radius 1 is 0.604 bits per heavy atom. The first-order valence-electron chi connectivity index (χ1n) is 21.9. The zero-order chi connectivity index (χ0) is 38.6. The van der Waals surface area contributed by atoms with Gasteiger partial charge in [-0.2, -0.15) is 0 Å². The van der Waals surface area contributed by atoms with Crippen LogP contribution < -0.4 is 0 Å². The number of hydrogen-bond donors (Lipinski definition) is 4. The molecule has 0 saturated carbocycles. The van der Waals surface area contributed by atoms with E-state index in [1.54, 1.807) is 0 Å². The maximum absolute atomic E-state index is 12.8. The summed E-state index contributed by atoms with van der Waals surface area (Å²) in [6.45, 7) is 4.51. The summed E-state index contributed by atoms with van der Waals surface area (Å²) in [5.74, 6) is -0.316. The molecular formula is C44H82O9. The van der Waals surface area contributed by atoms with Crippen LogP contribution in [0.25, 0.3) is 0 Å². The molecule has 312 valence electrons. The number of aliphatic hydroxyl groups excluding tert-OH is 4. The lowest BCUT2D eigenvalue weighted by atomic mass is 9.99. The second-order valence-corrected chi connectivity index (χ2v) is 15.1. The average Bonchev–Trinajstić information content (AvgIpc) is 3.16. The van der Waals surface area contributed by atoms with Crippen LogP contribution in [0.4, 0.5) is 0 Å². The van der Waals surface area contributed by atoms with E-state index < -0.39 is 43.4 Å². The molecule has 0 aromatic rings. The molecule has 6 unspecified atom stereocenters. The SMILES string of the molecule is CCCC/C=C\C/C=C\CCCCCCCCOCC(COC1OC(CO)C(O)C(O)C1O)OC(=O)CCCCCCCCCCCCCCCCC. The summed E-state index contributed by atoms with van der Waals surface area (Å²) in [5.41, 5.74) is 0. The van der Waals surface area contributed by atoms with Crippen LogP contribution in [0.5, 0.6) is 0 Å². The summed E-state index contributed by atoms with van der Waals surface area (Å²) in [6, 6.07) is 0. The van der Waals surface area contributed by atoms with Crippen LogP contribution >= 0.6 is 0 Å². The standard InChI is InChI=1S/C44H82O9/c1-3-5-7-9-11-13-15-17-19-21-23-25-27-29-31-33-40(46)52-38(37-51-44-43(49)42(48)41(47)39(35-45)53-44)36-50-34-32-30-28-26-24-22-20-18-16-14-12-10-8-6-4-2/h10,12,16,18,38-39,41-45,47-49H,3-9,11,13-15,17,19-37H2,1-2H3/b12-10-,18-16-. The molecule has 0 amide bonds. The zero-order valence-electron chi connectivity index (χ0n) is 34.0. The number of carbonyl (C=O) groups is 1. The summed E-state index contributed by atoms with van der Waals surface area (Å²) < 4.78 is 22.8. The third-order valence-corrected chi connectivity index (χ3v) is 10.1. The third-order valence-electron chi connectivity index (χ3n) is 10.1. The van der Waals surface area contributed by atoms with Crippen molar-refractivity contribution in [2.24, 2.45) is 0 Å². The van der Waals surface area contributed by atoms with E-state index in [0.29, 0.717) is 13.0 Å². The lowest BCUT2D eigenvalue weighted by Gasteiger charge is -2.39. The predicted octanol–water partition coefficient (Wildman–Crippen LogP) is 9.42. The van der Waals surface area contributed by atoms with Crippen molar-refractivity contribution >= 4 is 5.97 Å². The molecule has 9 heteroatoms. The van der Waals surface area contributed by atoms with Crippen molar-refractivity contribution in [2.75, 3.05) is 26.4 Å². The maximum atomic E-state index is 12.8. The highest BCUT2D eigenvalue weighted by atomic mass is 16.7. The van der Waals surface area contributed by atoms with E-state index in [1.165, 1.54) is 116 Å². The van der Waals surface area contributed by atoms with Gasteiger partial charge in [0.15, 0.2) is 6.29 Å². The Kier molecular flexibility index (Phi) is 34.0. The number of hydrogen-bond acceptors (Lipinski definition) is 9. The van der Waals surface area contributed by atoms with Gasteiger partial charge in [-0.05, 0) is 38.5 Å². The van der Waals surface area contributed by atoms with Crippen molar-refractivity contribution in [3.8, 4) is 0 Å². The molecule has 1 saturated heterocycles. The smallest absolute Gasteiger partial charge is 0.306 e. The first-order valence-corrected chi connectivity index (χ1v) is 21.9. The lowest BCUT2D eigenvalue weighted by Crippen LogP contribution is -2.59. The Hall–Kier alpha value is -1.33. The van der Waals surface area contributed by atoms with Crippen LogP contribution in [0.2, 0.25) is 0 Å². The normalized spacial score (nSPS) is 21.2. The number of aliphatic hydroxyl groups is 4. The molecule has 0 radical (unpaired) electrons. The van der Waals surface area contributed by atoms with Crippen LogP contribution in [0.15, 0.2) is 24.3 Å². The van der Waals surface area contributed by atoms with Crippen LogP contribution in [-0.2, 0) is 23.7 Å². The molecule has 1 aliphatic rings. The van der Waals surface area contributed by atoms with E-state index in [4.69, 9.17) is 18.9 Å². The highest BCUT2D eigenvalue weighted by Gasteiger charge is 2.44. The van der Waals surface area contributed by atoms with E-state index in [1.807, 2.05) is 0 Å². The molecule has 0 aliphatic carbocycles. The monoisotopic (exact) mass is 755 g/mol. The molecule has 4 N–H and O–H groups in total. The quantitative estimate of drug-likeness (QED) is 0.0278. The molecule has 9 nitrogen and oxygen atoms in total. The van der Waals surface area contributed by atoms with Gasteiger partial charge in [-0.25, -0.2) is 0 Å². The number of ether oxygens (including phenoxy) is 4. The van der Waals surface area contributed by atoms with Crippen molar-refractivity contribution in [1.29, 1.82) is 0 Å². The predicted molar refractivity (Wildman–Crippen MR) is 215 cm³/mol. The number of carbonyl (C=O) groups excluding carboxylic acids is 1. The van der Waals surface area contributed by atoms with E-state index in [-0.39, 0.29) is 19.2 Å². The third kappa shape index (κ3) is 27.8. The van der Waals surface area contributed by atoms with Crippen molar-refractivity contribution in [1.82, 2.24) is 0 Å². The van der Waals surface area contributed by atoms with Gasteiger partial charge in [-0.15, -0.1) is 0 Å². The Bertz CT molecular complexity index is 864. The number of esters is 1. The Labute approximate surface area is 324 Å². The molecular weight excluding hydrogens is 672 g/mol. The summed E-state index contributed by atoms with van der Waals surface area (Å²) in [5, 5.41) is 40.1. The van der Waals surface area contributed by atoms with Crippen LogP contribution in [-0.4, -0.2) is 89.6 Å². The van der Waals surface area contributed by atoms with Gasteiger partial charge in [0.05, 0.1) is 19.8 Å². The highest BCUT2D eigenvalue weighted by Crippen LogP contribution is 2.22. The van der Waals surface area contributed by atoms with Gasteiger partial charge in [0.25, 0.3) is 0 Å². The van der Waals surface area contributed by atoms with Crippen LogP contribution in [0, 0.1) is 0 Å². The van der Waals surface area contributed by atoms with E-state index >= 15 is 0 Å². The summed E-state index contributed by atoms with van der Waals surface area (Å²) in [7, 11) is 0. The fourth-order valence-electron chi connectivity index (χ4n) is 6.63. The van der Waals surface area contributed by atoms with Crippen LogP contribution in [0.3, 0.4) is 0 Å². The Balaban J connectivity index is 2.28. The van der Waals surface area contributed by atoms with Crippen LogP contribution in [0.1, 0.15) is 187 Å². The van der Waals surface area contributed by atoms with Crippen molar-refractivity contribution < 1.29 is 44.2 Å². The average molecular weight is 755 g/mol. The fraction of sp³-hybridized carbons (Fsp3) is 0.886. The van der Waals surface area contributed by atoms with Crippen molar-refractivity contribution in [3.05, 3.63) is 24.3 Å². The van der Waals surface area contributed by atoms with E-state index in [2.05, 4.69) is 38.2 Å². The minimum Gasteiger partial charge on any atom is -0.457 e. The van der Waals surface area contributed by atoms with Gasteiger partial charge in [0, 0.05) is 13.0 Å². The summed E-state index contributed by atoms with van der Waals surface area (Å²) >= 11 is 0. The summed E-state index contributed by atoms with van der Waals surface area (Å²) in [6.07, 6.45) is 33.4. The topological polar surface area (TPSA) is 135 Å². The molecule has 1 rings (SSSR count). The van der Waals surface area contributed by atoms with Crippen molar-refractivity contribution in [3.63, 3.8) is 0 Å². The second-order valence-electron chi connectivity index (χ2n) is 15.1. The highest BCUT2D eigenvalue weighted by molar-refractivity contribution is 5.69. The molecule has 0 bridgehead atoms. The minimum absolute atomic E-state index is 0.114. The maximum Gasteiger partial charge on any atom is 0.306 e. The first-order chi connectivity index (χ1) is 25.9. The second kappa shape index (κ2) is 36.3. The van der Waals surface area contributed by atoms with Gasteiger partial charge in [0.2, 0.25) is 0 Å². The number of rotatable bonds is 37. The van der Waals surface area contributed by atoms with Gasteiger partial charge in [0.1, 0.15) is 30.5 Å². The number of allylic oxidation sites excluding steroid dienone is 4.